The number of hydrogen-bond acceptors (Lipinski definition) is 1. The predicted octanol–water partition coefficient (Wildman–Crippen LogP) is 2.52. The van der Waals surface area contributed by atoms with Gasteiger partial charge in [0.25, 0.3) is 0 Å². The number of rotatable bonds is 3. The molecule has 0 radical (unpaired) electrons. The van der Waals surface area contributed by atoms with Gasteiger partial charge in [0.2, 0.25) is 0 Å². The van der Waals surface area contributed by atoms with E-state index in [0.29, 0.717) is 0 Å². The molecular weight excluding hydrogens is 196 g/mol. The summed E-state index contributed by atoms with van der Waals surface area (Å²) in [4.78, 5) is 0. The maximum absolute atomic E-state index is 5.07. The summed E-state index contributed by atoms with van der Waals surface area (Å²) in [5, 5.41) is 0. The van der Waals surface area contributed by atoms with E-state index >= 15 is 0 Å². The van der Waals surface area contributed by atoms with Crippen LogP contribution in [0.4, 0.5) is 0 Å². The summed E-state index contributed by atoms with van der Waals surface area (Å²) >= 11 is 0. The first kappa shape index (κ1) is 13.0. The van der Waals surface area contributed by atoms with Crippen molar-refractivity contribution < 1.29 is 26.5 Å². The van der Waals surface area contributed by atoms with E-state index in [-0.39, 0.29) is 21.7 Å². The Bertz CT molecular complexity index is 263. The van der Waals surface area contributed by atoms with E-state index in [2.05, 4.69) is 26.8 Å². The van der Waals surface area contributed by atoms with Crippen molar-refractivity contribution in [3.8, 4) is 0 Å². The van der Waals surface area contributed by atoms with Gasteiger partial charge in [-0.1, -0.05) is 27.2 Å². The van der Waals surface area contributed by atoms with Crippen LogP contribution in [0.15, 0.2) is 6.07 Å². The Labute approximate surface area is 95.7 Å². The van der Waals surface area contributed by atoms with E-state index in [1.807, 2.05) is 0 Å². The summed E-state index contributed by atoms with van der Waals surface area (Å²) in [6, 6.07) is 2.25. The van der Waals surface area contributed by atoms with Crippen LogP contribution in [0.2, 0.25) is 0 Å². The molecule has 1 aromatic rings. The van der Waals surface area contributed by atoms with Gasteiger partial charge in [0, 0.05) is 35.4 Å². The van der Waals surface area contributed by atoms with Gasteiger partial charge in [-0.05, 0) is 0 Å². The van der Waals surface area contributed by atoms with Crippen molar-refractivity contribution >= 4 is 0 Å². The molecule has 1 aromatic carbocycles. The second-order valence-electron chi connectivity index (χ2n) is 3.36. The van der Waals surface area contributed by atoms with Crippen molar-refractivity contribution in [2.24, 2.45) is 0 Å². The number of ether oxygens (including phenoxy) is 1. The van der Waals surface area contributed by atoms with E-state index in [4.69, 9.17) is 4.74 Å². The zero-order chi connectivity index (χ0) is 9.14. The fourth-order valence-corrected chi connectivity index (χ4v) is 1.64. The van der Waals surface area contributed by atoms with Crippen molar-refractivity contribution in [2.45, 2.75) is 27.2 Å². The van der Waals surface area contributed by atoms with Crippen molar-refractivity contribution in [1.82, 2.24) is 0 Å². The maximum atomic E-state index is 5.07. The molecule has 0 unspecified atom stereocenters. The number of methoxy groups -OCH3 is 1. The first-order chi connectivity index (χ1) is 5.66. The smallest absolute Gasteiger partial charge is 0.0388 e. The Morgan fingerprint density at radius 1 is 1.38 bits per heavy atom. The molecule has 0 saturated heterocycles. The minimum Gasteiger partial charge on any atom is -0.385 e. The third-order valence-electron chi connectivity index (χ3n) is 2.51. The molecular formula is C11H17OTi-. The molecule has 0 atom stereocenters. The van der Waals surface area contributed by atoms with E-state index in [1.54, 1.807) is 7.11 Å². The van der Waals surface area contributed by atoms with Gasteiger partial charge in [0.05, 0.1) is 0 Å². The molecule has 13 heavy (non-hydrogen) atoms. The van der Waals surface area contributed by atoms with Crippen molar-refractivity contribution in [3.63, 3.8) is 0 Å². The average molecular weight is 213 g/mol. The molecule has 0 aliphatic rings. The number of aryl methyl sites for hydroxylation is 2. The SMILES string of the molecule is COCCc1c(C)c[c-](C)c1C.[Ti]. The van der Waals surface area contributed by atoms with Crippen molar-refractivity contribution in [1.29, 1.82) is 0 Å². The fraction of sp³-hybridized carbons (Fsp3) is 0.545. The van der Waals surface area contributed by atoms with Gasteiger partial charge in [-0.2, -0.15) is 28.3 Å². The third-order valence-corrected chi connectivity index (χ3v) is 2.51. The minimum absolute atomic E-state index is 0. The van der Waals surface area contributed by atoms with Crippen LogP contribution in [0.5, 0.6) is 0 Å². The molecule has 0 heterocycles. The Morgan fingerprint density at radius 3 is 2.38 bits per heavy atom. The van der Waals surface area contributed by atoms with Gasteiger partial charge in [-0.25, -0.2) is 0 Å². The van der Waals surface area contributed by atoms with Crippen molar-refractivity contribution in [2.75, 3.05) is 13.7 Å². The van der Waals surface area contributed by atoms with Gasteiger partial charge in [0.15, 0.2) is 0 Å². The average Bonchev–Trinajstić information content (AvgIpc) is 2.25. The molecule has 1 rings (SSSR count). The van der Waals surface area contributed by atoms with Crippen LogP contribution in [0.1, 0.15) is 22.3 Å². The summed E-state index contributed by atoms with van der Waals surface area (Å²) in [5.74, 6) is 0. The van der Waals surface area contributed by atoms with Crippen LogP contribution in [0.3, 0.4) is 0 Å². The maximum Gasteiger partial charge on any atom is 0.0388 e. The second-order valence-corrected chi connectivity index (χ2v) is 3.36. The normalized spacial score (nSPS) is 9.85. The second kappa shape index (κ2) is 5.69. The van der Waals surface area contributed by atoms with Crippen LogP contribution in [0, 0.1) is 20.8 Å². The molecule has 2 heteroatoms. The molecule has 0 spiro atoms. The van der Waals surface area contributed by atoms with Crippen LogP contribution in [-0.4, -0.2) is 13.7 Å². The Hall–Kier alpha value is 0.0243. The molecule has 72 valence electrons. The quantitative estimate of drug-likeness (QED) is 0.553. The zero-order valence-electron chi connectivity index (χ0n) is 8.90. The van der Waals surface area contributed by atoms with Crippen LogP contribution >= 0.6 is 0 Å². The predicted molar refractivity (Wildman–Crippen MR) is 51.8 cm³/mol. The van der Waals surface area contributed by atoms with E-state index < -0.39 is 0 Å². The minimum atomic E-state index is 0. The topological polar surface area (TPSA) is 9.23 Å². The fourth-order valence-electron chi connectivity index (χ4n) is 1.64. The van der Waals surface area contributed by atoms with Crippen LogP contribution < -0.4 is 0 Å². The van der Waals surface area contributed by atoms with Crippen LogP contribution in [0.25, 0.3) is 0 Å². The molecule has 0 aromatic heterocycles. The largest absolute Gasteiger partial charge is 0.385 e. The molecule has 0 bridgehead atoms. The van der Waals surface area contributed by atoms with Gasteiger partial charge in [0.1, 0.15) is 0 Å². The first-order valence-electron chi connectivity index (χ1n) is 4.38. The molecule has 0 aliphatic carbocycles. The standard InChI is InChI=1S/C11H17O.Ti/c1-8-7-9(2)11(10(8)3)5-6-12-4;/h7H,5-6H2,1-4H3;/q-1;. The summed E-state index contributed by atoms with van der Waals surface area (Å²) in [7, 11) is 1.75. The van der Waals surface area contributed by atoms with Gasteiger partial charge in [-0.3, -0.25) is 0 Å². The molecule has 0 aliphatic heterocycles. The molecule has 0 saturated carbocycles. The monoisotopic (exact) mass is 213 g/mol. The van der Waals surface area contributed by atoms with Gasteiger partial charge >= 0.3 is 0 Å². The van der Waals surface area contributed by atoms with Gasteiger partial charge in [-0.15, -0.1) is 0 Å². The van der Waals surface area contributed by atoms with E-state index in [1.165, 1.54) is 22.3 Å². The first-order valence-corrected chi connectivity index (χ1v) is 4.38. The summed E-state index contributed by atoms with van der Waals surface area (Å²) in [6.07, 6.45) is 1.04. The molecule has 0 amide bonds. The van der Waals surface area contributed by atoms with E-state index in [9.17, 15) is 0 Å². The Morgan fingerprint density at radius 2 is 2.00 bits per heavy atom. The zero-order valence-corrected chi connectivity index (χ0v) is 10.5. The van der Waals surface area contributed by atoms with Crippen LogP contribution in [-0.2, 0) is 32.9 Å². The third kappa shape index (κ3) is 3.01. The van der Waals surface area contributed by atoms with Gasteiger partial charge < -0.3 is 4.74 Å². The van der Waals surface area contributed by atoms with E-state index in [0.717, 1.165) is 13.0 Å². The summed E-state index contributed by atoms with van der Waals surface area (Å²) in [5.41, 5.74) is 5.71. The Kier molecular flexibility index (Phi) is 5.70. The molecule has 0 N–H and O–H groups in total. The summed E-state index contributed by atoms with van der Waals surface area (Å²) in [6.45, 7) is 7.35. The molecule has 1 nitrogen and oxygen atoms in total. The van der Waals surface area contributed by atoms with Crippen molar-refractivity contribution in [3.05, 3.63) is 28.3 Å². The Balaban J connectivity index is 0.00000144. The summed E-state index contributed by atoms with van der Waals surface area (Å²) < 4.78 is 5.07. The molecule has 0 fully saturated rings. The number of hydrogen-bond donors (Lipinski definition) is 0.